The number of rotatable bonds is 3. The molecule has 14 heavy (non-hydrogen) atoms. The normalized spacial score (nSPS) is 10.2. The standard InChI is InChI=1S/C9H14N4O/c1-13(2)12-6-3-4-7(9(11)14)8(10)5-6/h3-5,12H,10H2,1-2H3,(H2,11,14). The van der Waals surface area contributed by atoms with Crippen LogP contribution in [0.3, 0.4) is 0 Å². The lowest BCUT2D eigenvalue weighted by Crippen LogP contribution is -2.20. The number of hydrogen-bond acceptors (Lipinski definition) is 4. The molecule has 0 saturated carbocycles. The van der Waals surface area contributed by atoms with Crippen LogP contribution in [-0.2, 0) is 0 Å². The molecule has 0 aliphatic carbocycles. The van der Waals surface area contributed by atoms with Gasteiger partial charge in [-0.15, -0.1) is 0 Å². The lowest BCUT2D eigenvalue weighted by atomic mass is 10.1. The number of amides is 1. The van der Waals surface area contributed by atoms with Crippen LogP contribution < -0.4 is 16.9 Å². The van der Waals surface area contributed by atoms with Crippen molar-refractivity contribution in [3.63, 3.8) is 0 Å². The minimum Gasteiger partial charge on any atom is -0.398 e. The van der Waals surface area contributed by atoms with Crippen LogP contribution in [0.25, 0.3) is 0 Å². The average Bonchev–Trinajstić information content (AvgIpc) is 2.01. The molecule has 0 heterocycles. The second-order valence-electron chi connectivity index (χ2n) is 3.17. The van der Waals surface area contributed by atoms with Gasteiger partial charge in [-0.1, -0.05) is 0 Å². The largest absolute Gasteiger partial charge is 0.398 e. The Morgan fingerprint density at radius 1 is 1.43 bits per heavy atom. The fourth-order valence-corrected chi connectivity index (χ4v) is 1.11. The van der Waals surface area contributed by atoms with Gasteiger partial charge in [-0.2, -0.15) is 0 Å². The van der Waals surface area contributed by atoms with Crippen LogP contribution in [0.1, 0.15) is 10.4 Å². The zero-order valence-corrected chi connectivity index (χ0v) is 8.24. The second-order valence-corrected chi connectivity index (χ2v) is 3.17. The van der Waals surface area contributed by atoms with Crippen LogP contribution in [0.5, 0.6) is 0 Å². The van der Waals surface area contributed by atoms with Crippen LogP contribution in [-0.4, -0.2) is 25.0 Å². The highest BCUT2D eigenvalue weighted by Gasteiger charge is 2.05. The number of carbonyl (C=O) groups is 1. The molecule has 5 nitrogen and oxygen atoms in total. The molecular formula is C9H14N4O. The molecule has 1 aromatic carbocycles. The Hall–Kier alpha value is -1.75. The SMILES string of the molecule is CN(C)Nc1ccc(C(N)=O)c(N)c1. The third-order valence-electron chi connectivity index (χ3n) is 1.67. The third kappa shape index (κ3) is 2.37. The number of primary amides is 1. The Labute approximate surface area is 82.6 Å². The topological polar surface area (TPSA) is 84.4 Å². The quantitative estimate of drug-likeness (QED) is 0.476. The van der Waals surface area contributed by atoms with Crippen LogP contribution in [0.4, 0.5) is 11.4 Å². The molecule has 1 aromatic rings. The molecule has 0 unspecified atom stereocenters. The molecule has 0 aliphatic rings. The highest BCUT2D eigenvalue weighted by atomic mass is 16.1. The fourth-order valence-electron chi connectivity index (χ4n) is 1.11. The van der Waals surface area contributed by atoms with E-state index in [1.807, 2.05) is 14.1 Å². The predicted molar refractivity (Wildman–Crippen MR) is 56.7 cm³/mol. The molecule has 1 rings (SSSR count). The highest BCUT2D eigenvalue weighted by Crippen LogP contribution is 2.17. The lowest BCUT2D eigenvalue weighted by molar-refractivity contribution is 0.100. The van der Waals surface area contributed by atoms with Crippen LogP contribution in [0.15, 0.2) is 18.2 Å². The van der Waals surface area contributed by atoms with E-state index in [1.54, 1.807) is 23.2 Å². The zero-order chi connectivity index (χ0) is 10.7. The maximum absolute atomic E-state index is 10.9. The molecule has 76 valence electrons. The number of nitrogen functional groups attached to an aromatic ring is 1. The molecule has 0 bridgehead atoms. The predicted octanol–water partition coefficient (Wildman–Crippen LogP) is 0.256. The van der Waals surface area contributed by atoms with Gasteiger partial charge in [0.05, 0.1) is 11.3 Å². The maximum atomic E-state index is 10.9. The molecule has 0 atom stereocenters. The Kier molecular flexibility index (Phi) is 2.93. The Bertz CT molecular complexity index is 349. The van der Waals surface area contributed by atoms with E-state index in [9.17, 15) is 4.79 Å². The van der Waals surface area contributed by atoms with E-state index in [0.717, 1.165) is 5.69 Å². The fraction of sp³-hybridized carbons (Fsp3) is 0.222. The van der Waals surface area contributed by atoms with Crippen molar-refractivity contribution in [2.45, 2.75) is 0 Å². The van der Waals surface area contributed by atoms with Gasteiger partial charge in [0.25, 0.3) is 5.91 Å². The van der Waals surface area contributed by atoms with Gasteiger partial charge >= 0.3 is 0 Å². The molecule has 0 aromatic heterocycles. The van der Waals surface area contributed by atoms with Gasteiger partial charge in [-0.25, -0.2) is 5.01 Å². The van der Waals surface area contributed by atoms with Crippen molar-refractivity contribution in [1.82, 2.24) is 5.01 Å². The summed E-state index contributed by atoms with van der Waals surface area (Å²) in [5.74, 6) is -0.515. The first-order valence-electron chi connectivity index (χ1n) is 4.14. The summed E-state index contributed by atoms with van der Waals surface area (Å²) in [6, 6.07) is 5.01. The van der Waals surface area contributed by atoms with E-state index in [0.29, 0.717) is 11.3 Å². The number of hydrogen-bond donors (Lipinski definition) is 3. The molecule has 0 fully saturated rings. The van der Waals surface area contributed by atoms with Crippen LogP contribution in [0, 0.1) is 0 Å². The first-order chi connectivity index (χ1) is 6.50. The minimum atomic E-state index is -0.515. The van der Waals surface area contributed by atoms with Gasteiger partial charge in [0.1, 0.15) is 0 Å². The van der Waals surface area contributed by atoms with Gasteiger partial charge in [0.2, 0.25) is 0 Å². The Balaban J connectivity index is 2.94. The molecule has 5 heteroatoms. The number of anilines is 2. The monoisotopic (exact) mass is 194 g/mol. The summed E-state index contributed by atoms with van der Waals surface area (Å²) >= 11 is 0. The molecule has 5 N–H and O–H groups in total. The van der Waals surface area contributed by atoms with Crippen molar-refractivity contribution >= 4 is 17.3 Å². The lowest BCUT2D eigenvalue weighted by Gasteiger charge is -2.14. The molecule has 0 radical (unpaired) electrons. The van der Waals surface area contributed by atoms with E-state index in [2.05, 4.69) is 5.43 Å². The summed E-state index contributed by atoms with van der Waals surface area (Å²) < 4.78 is 0. The van der Waals surface area contributed by atoms with Gasteiger partial charge in [0, 0.05) is 19.8 Å². The minimum absolute atomic E-state index is 0.342. The van der Waals surface area contributed by atoms with Gasteiger partial charge in [-0.05, 0) is 18.2 Å². The Morgan fingerprint density at radius 3 is 2.50 bits per heavy atom. The molecule has 0 saturated heterocycles. The Morgan fingerprint density at radius 2 is 2.07 bits per heavy atom. The third-order valence-corrected chi connectivity index (χ3v) is 1.67. The average molecular weight is 194 g/mol. The van der Waals surface area contributed by atoms with Gasteiger partial charge < -0.3 is 16.9 Å². The van der Waals surface area contributed by atoms with E-state index in [1.165, 1.54) is 0 Å². The van der Waals surface area contributed by atoms with E-state index >= 15 is 0 Å². The van der Waals surface area contributed by atoms with Crippen molar-refractivity contribution in [3.05, 3.63) is 23.8 Å². The summed E-state index contributed by atoms with van der Waals surface area (Å²) in [6.07, 6.45) is 0. The van der Waals surface area contributed by atoms with E-state index in [-0.39, 0.29) is 0 Å². The summed E-state index contributed by atoms with van der Waals surface area (Å²) in [6.45, 7) is 0. The zero-order valence-electron chi connectivity index (χ0n) is 8.24. The first kappa shape index (κ1) is 10.3. The number of hydrazine groups is 1. The second kappa shape index (κ2) is 3.97. The number of benzene rings is 1. The summed E-state index contributed by atoms with van der Waals surface area (Å²) in [7, 11) is 3.72. The van der Waals surface area contributed by atoms with Crippen molar-refractivity contribution in [1.29, 1.82) is 0 Å². The molecule has 0 aliphatic heterocycles. The van der Waals surface area contributed by atoms with Crippen LogP contribution >= 0.6 is 0 Å². The number of nitrogens with zero attached hydrogens (tertiary/aromatic N) is 1. The van der Waals surface area contributed by atoms with Crippen molar-refractivity contribution in [2.24, 2.45) is 5.73 Å². The van der Waals surface area contributed by atoms with Gasteiger partial charge in [0.15, 0.2) is 0 Å². The number of nitrogens with two attached hydrogens (primary N) is 2. The van der Waals surface area contributed by atoms with Crippen molar-refractivity contribution in [3.8, 4) is 0 Å². The molecular weight excluding hydrogens is 180 g/mol. The summed E-state index contributed by atoms with van der Waals surface area (Å²) in [5.41, 5.74) is 15.3. The first-order valence-corrected chi connectivity index (χ1v) is 4.14. The van der Waals surface area contributed by atoms with E-state index in [4.69, 9.17) is 11.5 Å². The van der Waals surface area contributed by atoms with Crippen molar-refractivity contribution in [2.75, 3.05) is 25.3 Å². The van der Waals surface area contributed by atoms with Crippen LogP contribution in [0.2, 0.25) is 0 Å². The summed E-state index contributed by atoms with van der Waals surface area (Å²) in [5, 5.41) is 1.78. The highest BCUT2D eigenvalue weighted by molar-refractivity contribution is 5.98. The van der Waals surface area contributed by atoms with Gasteiger partial charge in [-0.3, -0.25) is 4.79 Å². The van der Waals surface area contributed by atoms with E-state index < -0.39 is 5.91 Å². The number of nitrogens with one attached hydrogen (secondary N) is 1. The maximum Gasteiger partial charge on any atom is 0.250 e. The molecule has 1 amide bonds. The number of carbonyl (C=O) groups excluding carboxylic acids is 1. The summed E-state index contributed by atoms with van der Waals surface area (Å²) in [4.78, 5) is 10.9. The molecule has 0 spiro atoms. The smallest absolute Gasteiger partial charge is 0.250 e. The van der Waals surface area contributed by atoms with Crippen molar-refractivity contribution < 1.29 is 4.79 Å².